The lowest BCUT2D eigenvalue weighted by Crippen LogP contribution is -2.03. The predicted molar refractivity (Wildman–Crippen MR) is 119 cm³/mol. The third-order valence-electron chi connectivity index (χ3n) is 4.98. The van der Waals surface area contributed by atoms with Crippen LogP contribution < -0.4 is 0 Å². The summed E-state index contributed by atoms with van der Waals surface area (Å²) in [6.45, 7) is 0. The summed E-state index contributed by atoms with van der Waals surface area (Å²) in [7, 11) is 1.34. The molecule has 0 unspecified atom stereocenters. The lowest BCUT2D eigenvalue weighted by atomic mass is 10.0. The number of rotatable bonds is 6. The van der Waals surface area contributed by atoms with Crippen molar-refractivity contribution in [1.82, 2.24) is 4.57 Å². The maximum Gasteiger partial charge on any atom is 0.330 e. The van der Waals surface area contributed by atoms with E-state index in [9.17, 15) is 9.59 Å². The Kier molecular flexibility index (Phi) is 5.57. The zero-order valence-electron chi connectivity index (χ0n) is 16.6. The van der Waals surface area contributed by atoms with Gasteiger partial charge in [0, 0.05) is 35.3 Å². The number of methoxy groups -OCH3 is 1. The lowest BCUT2D eigenvalue weighted by Gasteiger charge is -2.05. The number of hydrogen-bond acceptors (Lipinski definition) is 3. The Bertz CT molecular complexity index is 1220. The Balaban J connectivity index is 1.81. The largest absolute Gasteiger partial charge is 0.466 e. The molecule has 0 saturated carbocycles. The minimum atomic E-state index is -0.419. The zero-order valence-corrected chi connectivity index (χ0v) is 16.6. The number of Topliss-reactive ketones (excluding diaryl/α,β-unsaturated/α-hetero) is 1. The molecule has 4 heteroatoms. The van der Waals surface area contributed by atoms with E-state index in [1.165, 1.54) is 13.2 Å². The molecule has 0 aliphatic carbocycles. The van der Waals surface area contributed by atoms with Crippen molar-refractivity contribution >= 4 is 28.7 Å². The molecule has 1 heterocycles. The highest BCUT2D eigenvalue weighted by molar-refractivity contribution is 6.09. The normalized spacial score (nSPS) is 11.1. The number of fused-ring (bicyclic) bond motifs is 1. The van der Waals surface area contributed by atoms with E-state index in [2.05, 4.69) is 4.74 Å². The molecule has 0 amide bonds. The van der Waals surface area contributed by atoms with Gasteiger partial charge in [-0.2, -0.15) is 0 Å². The predicted octanol–water partition coefficient (Wildman–Crippen LogP) is 5.24. The van der Waals surface area contributed by atoms with Gasteiger partial charge in [-0.25, -0.2) is 4.79 Å². The summed E-state index contributed by atoms with van der Waals surface area (Å²) in [5.74, 6) is -0.368. The third kappa shape index (κ3) is 4.08. The molecule has 1 aromatic heterocycles. The maximum absolute atomic E-state index is 13.2. The molecule has 4 nitrogen and oxygen atoms in total. The van der Waals surface area contributed by atoms with Crippen LogP contribution in [0, 0.1) is 0 Å². The SMILES string of the molecule is COC(=O)C=Cc1ccc2c(c1)c(C(=O)Cc1ccccc1)cn2-c1ccccc1. The number of ketones is 1. The first-order valence-electron chi connectivity index (χ1n) is 9.69. The number of carbonyl (C=O) groups excluding carboxylic acids is 2. The first-order chi connectivity index (χ1) is 14.7. The van der Waals surface area contributed by atoms with Crippen LogP contribution in [0.1, 0.15) is 21.5 Å². The molecule has 0 aliphatic heterocycles. The van der Waals surface area contributed by atoms with E-state index in [0.717, 1.165) is 27.7 Å². The standard InChI is InChI=1S/C26H21NO3/c1-30-26(29)15-13-20-12-14-24-22(16-20)23(18-27(24)21-10-6-3-7-11-21)25(28)17-19-8-4-2-5-9-19/h2-16,18H,17H2,1H3. The van der Waals surface area contributed by atoms with E-state index in [0.29, 0.717) is 12.0 Å². The van der Waals surface area contributed by atoms with Crippen molar-refractivity contribution in [2.24, 2.45) is 0 Å². The Labute approximate surface area is 175 Å². The van der Waals surface area contributed by atoms with Gasteiger partial charge in [0.05, 0.1) is 12.6 Å². The van der Waals surface area contributed by atoms with Gasteiger partial charge in [-0.1, -0.05) is 54.6 Å². The van der Waals surface area contributed by atoms with Gasteiger partial charge in [-0.15, -0.1) is 0 Å². The number of esters is 1. The summed E-state index contributed by atoms with van der Waals surface area (Å²) in [5, 5.41) is 0.854. The highest BCUT2D eigenvalue weighted by Crippen LogP contribution is 2.28. The molecule has 0 spiro atoms. The topological polar surface area (TPSA) is 48.3 Å². The van der Waals surface area contributed by atoms with Crippen LogP contribution >= 0.6 is 0 Å². The number of hydrogen-bond donors (Lipinski definition) is 0. The minimum absolute atomic E-state index is 0.0509. The number of para-hydroxylation sites is 1. The first-order valence-corrected chi connectivity index (χ1v) is 9.69. The quantitative estimate of drug-likeness (QED) is 0.255. The summed E-state index contributed by atoms with van der Waals surface area (Å²) in [6, 6.07) is 25.5. The molecule has 4 aromatic rings. The van der Waals surface area contributed by atoms with E-state index in [4.69, 9.17) is 0 Å². The Morgan fingerprint density at radius 2 is 1.63 bits per heavy atom. The van der Waals surface area contributed by atoms with E-state index in [1.807, 2.05) is 89.6 Å². The molecule has 3 aromatic carbocycles. The van der Waals surface area contributed by atoms with E-state index >= 15 is 0 Å². The van der Waals surface area contributed by atoms with E-state index in [1.54, 1.807) is 6.08 Å². The summed E-state index contributed by atoms with van der Waals surface area (Å²) in [6.07, 6.45) is 5.30. The average molecular weight is 395 g/mol. The van der Waals surface area contributed by atoms with Crippen LogP contribution in [0.3, 0.4) is 0 Å². The van der Waals surface area contributed by atoms with Gasteiger partial charge in [0.25, 0.3) is 0 Å². The highest BCUT2D eigenvalue weighted by Gasteiger charge is 2.16. The maximum atomic E-state index is 13.2. The third-order valence-corrected chi connectivity index (χ3v) is 4.98. The van der Waals surface area contributed by atoms with Crippen LogP contribution in [0.4, 0.5) is 0 Å². The summed E-state index contributed by atoms with van der Waals surface area (Å²) >= 11 is 0. The molecular formula is C26H21NO3. The molecule has 0 aliphatic rings. The minimum Gasteiger partial charge on any atom is -0.466 e. The van der Waals surface area contributed by atoms with E-state index in [-0.39, 0.29) is 5.78 Å². The van der Waals surface area contributed by atoms with Crippen molar-refractivity contribution in [1.29, 1.82) is 0 Å². The number of ether oxygens (including phenoxy) is 1. The van der Waals surface area contributed by atoms with Crippen molar-refractivity contribution in [3.63, 3.8) is 0 Å². The molecule has 4 rings (SSSR count). The van der Waals surface area contributed by atoms with Crippen molar-refractivity contribution in [3.05, 3.63) is 108 Å². The van der Waals surface area contributed by atoms with Crippen molar-refractivity contribution in [3.8, 4) is 5.69 Å². The van der Waals surface area contributed by atoms with E-state index < -0.39 is 5.97 Å². The number of benzene rings is 3. The number of nitrogens with zero attached hydrogens (tertiary/aromatic N) is 1. The van der Waals surface area contributed by atoms with Crippen molar-refractivity contribution in [2.45, 2.75) is 6.42 Å². The lowest BCUT2D eigenvalue weighted by molar-refractivity contribution is -0.134. The van der Waals surface area contributed by atoms with Gasteiger partial charge >= 0.3 is 5.97 Å². The highest BCUT2D eigenvalue weighted by atomic mass is 16.5. The van der Waals surface area contributed by atoms with Crippen LogP contribution in [0.2, 0.25) is 0 Å². The van der Waals surface area contributed by atoms with Gasteiger partial charge in [-0.05, 0) is 41.5 Å². The fraction of sp³-hybridized carbons (Fsp3) is 0.0769. The molecule has 148 valence electrons. The first kappa shape index (κ1) is 19.4. The second kappa shape index (κ2) is 8.62. The summed E-state index contributed by atoms with van der Waals surface area (Å²) in [5.41, 5.74) is 4.38. The van der Waals surface area contributed by atoms with Gasteiger partial charge < -0.3 is 9.30 Å². The van der Waals surface area contributed by atoms with Crippen LogP contribution in [0.25, 0.3) is 22.7 Å². The van der Waals surface area contributed by atoms with Crippen LogP contribution in [0.15, 0.2) is 91.1 Å². The molecule has 0 bridgehead atoms. The van der Waals surface area contributed by atoms with Gasteiger partial charge in [0.1, 0.15) is 0 Å². The molecule has 0 fully saturated rings. The monoisotopic (exact) mass is 395 g/mol. The van der Waals surface area contributed by atoms with Crippen LogP contribution in [-0.2, 0) is 16.0 Å². The number of carbonyl (C=O) groups is 2. The Morgan fingerprint density at radius 3 is 2.33 bits per heavy atom. The van der Waals surface area contributed by atoms with Crippen molar-refractivity contribution < 1.29 is 14.3 Å². The summed E-state index contributed by atoms with van der Waals surface area (Å²) in [4.78, 5) is 24.6. The Hall–Kier alpha value is -3.92. The van der Waals surface area contributed by atoms with Crippen molar-refractivity contribution in [2.75, 3.05) is 7.11 Å². The fourth-order valence-corrected chi connectivity index (χ4v) is 3.48. The fourth-order valence-electron chi connectivity index (χ4n) is 3.48. The second-order valence-corrected chi connectivity index (χ2v) is 6.97. The number of aromatic nitrogens is 1. The molecular weight excluding hydrogens is 374 g/mol. The molecule has 30 heavy (non-hydrogen) atoms. The summed E-state index contributed by atoms with van der Waals surface area (Å²) < 4.78 is 6.69. The molecule has 0 N–H and O–H groups in total. The molecule has 0 atom stereocenters. The smallest absolute Gasteiger partial charge is 0.330 e. The van der Waals surface area contributed by atoms with Gasteiger partial charge in [0.2, 0.25) is 0 Å². The van der Waals surface area contributed by atoms with Crippen LogP contribution in [-0.4, -0.2) is 23.4 Å². The molecule has 0 saturated heterocycles. The second-order valence-electron chi connectivity index (χ2n) is 6.97. The van der Waals surface area contributed by atoms with Gasteiger partial charge in [-0.3, -0.25) is 4.79 Å². The van der Waals surface area contributed by atoms with Gasteiger partial charge in [0.15, 0.2) is 5.78 Å². The zero-order chi connectivity index (χ0) is 20.9. The molecule has 0 radical (unpaired) electrons. The Morgan fingerprint density at radius 1 is 0.933 bits per heavy atom. The van der Waals surface area contributed by atoms with Crippen LogP contribution in [0.5, 0.6) is 0 Å². The average Bonchev–Trinajstić information content (AvgIpc) is 3.17.